The lowest BCUT2D eigenvalue weighted by Crippen LogP contribution is -2.43. The Hall–Kier alpha value is -1.08. The van der Waals surface area contributed by atoms with Gasteiger partial charge in [-0.3, -0.25) is 9.00 Å². The van der Waals surface area contributed by atoms with Crippen LogP contribution in [-0.4, -0.2) is 57.6 Å². The third-order valence-corrected chi connectivity index (χ3v) is 3.96. The Morgan fingerprint density at radius 3 is 3.00 bits per heavy atom. The van der Waals surface area contributed by atoms with Gasteiger partial charge in [-0.25, -0.2) is 4.79 Å². The molecule has 1 atom stereocenters. The van der Waals surface area contributed by atoms with Crippen molar-refractivity contribution in [2.45, 2.75) is 0 Å². The van der Waals surface area contributed by atoms with E-state index in [2.05, 4.69) is 0 Å². The zero-order chi connectivity index (χ0) is 12.7. The van der Waals surface area contributed by atoms with Crippen LogP contribution in [-0.2, 0) is 25.1 Å². The molecule has 1 aliphatic heterocycles. The molecule has 0 amide bonds. The van der Waals surface area contributed by atoms with Gasteiger partial charge in [0.15, 0.2) is 0 Å². The van der Waals surface area contributed by atoms with Gasteiger partial charge in [0.2, 0.25) is 0 Å². The molecule has 5 nitrogen and oxygen atoms in total. The highest BCUT2D eigenvalue weighted by atomic mass is 32.2. The summed E-state index contributed by atoms with van der Waals surface area (Å²) in [6.07, 6.45) is 2.66. The quantitative estimate of drug-likeness (QED) is 0.296. The molecular formula is C10H13NO4S2. The first kappa shape index (κ1) is 14.0. The standard InChI is InChI=1S/C10H13NO4S2/c12-5-1-2-10(13)15-6-3-11-4-7-17(14)8-9(11)16/h1-2,5H,3-4,6-8H2/b2-1+. The van der Waals surface area contributed by atoms with Crippen LogP contribution >= 0.6 is 12.2 Å². The third kappa shape index (κ3) is 5.18. The van der Waals surface area contributed by atoms with Gasteiger partial charge < -0.3 is 9.64 Å². The summed E-state index contributed by atoms with van der Waals surface area (Å²) in [4.78, 5) is 23.5. The molecule has 1 rings (SSSR count). The first-order valence-corrected chi connectivity index (χ1v) is 6.94. The largest absolute Gasteiger partial charge is 0.461 e. The molecule has 0 aromatic rings. The molecule has 0 spiro atoms. The van der Waals surface area contributed by atoms with Gasteiger partial charge in [0.05, 0.1) is 17.3 Å². The number of ether oxygens (including phenoxy) is 1. The van der Waals surface area contributed by atoms with Gasteiger partial charge in [0.1, 0.15) is 12.9 Å². The summed E-state index contributed by atoms with van der Waals surface area (Å²) in [7, 11) is -0.850. The molecule has 0 bridgehead atoms. The summed E-state index contributed by atoms with van der Waals surface area (Å²) in [5.41, 5.74) is 0. The van der Waals surface area contributed by atoms with Crippen molar-refractivity contribution in [3.8, 4) is 0 Å². The molecule has 17 heavy (non-hydrogen) atoms. The number of esters is 1. The third-order valence-electron chi connectivity index (χ3n) is 2.14. The van der Waals surface area contributed by atoms with E-state index in [0.29, 0.717) is 35.9 Å². The highest BCUT2D eigenvalue weighted by Gasteiger charge is 2.19. The van der Waals surface area contributed by atoms with Gasteiger partial charge in [-0.15, -0.1) is 0 Å². The van der Waals surface area contributed by atoms with E-state index in [1.54, 1.807) is 0 Å². The Balaban J connectivity index is 2.24. The fourth-order valence-electron chi connectivity index (χ4n) is 1.30. The smallest absolute Gasteiger partial charge is 0.330 e. The summed E-state index contributed by atoms with van der Waals surface area (Å²) in [5, 5.41) is 0. The molecule has 1 aliphatic rings. The minimum absolute atomic E-state index is 0.203. The average molecular weight is 275 g/mol. The van der Waals surface area contributed by atoms with Gasteiger partial charge in [-0.1, -0.05) is 12.2 Å². The minimum Gasteiger partial charge on any atom is -0.461 e. The van der Waals surface area contributed by atoms with Crippen molar-refractivity contribution in [1.82, 2.24) is 4.90 Å². The van der Waals surface area contributed by atoms with Crippen molar-refractivity contribution in [2.24, 2.45) is 0 Å². The van der Waals surface area contributed by atoms with Crippen molar-refractivity contribution < 1.29 is 18.5 Å². The second kappa shape index (κ2) is 7.29. The zero-order valence-electron chi connectivity index (χ0n) is 9.16. The molecule has 0 radical (unpaired) electrons. The molecule has 0 aliphatic carbocycles. The number of aldehydes is 1. The van der Waals surface area contributed by atoms with E-state index < -0.39 is 16.8 Å². The van der Waals surface area contributed by atoms with Crippen LogP contribution < -0.4 is 0 Å². The van der Waals surface area contributed by atoms with E-state index in [-0.39, 0.29) is 6.61 Å². The van der Waals surface area contributed by atoms with Crippen LogP contribution in [0, 0.1) is 0 Å². The number of nitrogens with zero attached hydrogens (tertiary/aromatic N) is 1. The average Bonchev–Trinajstić information content (AvgIpc) is 2.29. The number of carbonyl (C=O) groups is 2. The second-order valence-corrected chi connectivity index (χ2v) is 5.38. The van der Waals surface area contributed by atoms with Crippen LogP contribution in [0.25, 0.3) is 0 Å². The predicted octanol–water partition coefficient (Wildman–Crippen LogP) is -0.324. The number of allylic oxidation sites excluding steroid dienone is 1. The molecule has 1 saturated heterocycles. The summed E-state index contributed by atoms with van der Waals surface area (Å²) in [6.45, 7) is 1.33. The monoisotopic (exact) mass is 275 g/mol. The Labute approximate surface area is 107 Å². The molecule has 7 heteroatoms. The molecular weight excluding hydrogens is 262 g/mol. The summed E-state index contributed by atoms with van der Waals surface area (Å²) in [5.74, 6) is 0.455. The first-order chi connectivity index (χ1) is 8.13. The molecule has 0 saturated carbocycles. The van der Waals surface area contributed by atoms with Crippen LogP contribution in [0.2, 0.25) is 0 Å². The van der Waals surface area contributed by atoms with Crippen molar-refractivity contribution in [2.75, 3.05) is 31.2 Å². The van der Waals surface area contributed by atoms with Crippen LogP contribution in [0.5, 0.6) is 0 Å². The minimum atomic E-state index is -0.850. The van der Waals surface area contributed by atoms with Gasteiger partial charge >= 0.3 is 5.97 Å². The van der Waals surface area contributed by atoms with Crippen LogP contribution in [0.15, 0.2) is 12.2 Å². The van der Waals surface area contributed by atoms with Gasteiger partial charge in [-0.2, -0.15) is 0 Å². The van der Waals surface area contributed by atoms with Crippen molar-refractivity contribution >= 4 is 40.3 Å². The second-order valence-electron chi connectivity index (χ2n) is 3.33. The lowest BCUT2D eigenvalue weighted by atomic mass is 10.4. The molecule has 0 N–H and O–H groups in total. The molecule has 0 aromatic heterocycles. The van der Waals surface area contributed by atoms with Crippen LogP contribution in [0.4, 0.5) is 0 Å². The van der Waals surface area contributed by atoms with Crippen LogP contribution in [0.1, 0.15) is 0 Å². The highest BCUT2D eigenvalue weighted by molar-refractivity contribution is 7.89. The molecule has 1 unspecified atom stereocenters. The Morgan fingerprint density at radius 2 is 2.35 bits per heavy atom. The number of carbonyl (C=O) groups excluding carboxylic acids is 2. The maximum atomic E-state index is 11.2. The lowest BCUT2D eigenvalue weighted by molar-refractivity contribution is -0.138. The molecule has 1 heterocycles. The fourth-order valence-corrected chi connectivity index (χ4v) is 2.90. The number of thiocarbonyl (C=S) groups is 1. The Morgan fingerprint density at radius 1 is 1.59 bits per heavy atom. The molecule has 1 fully saturated rings. The number of rotatable bonds is 5. The van der Waals surface area contributed by atoms with E-state index in [0.717, 1.165) is 12.2 Å². The molecule has 94 valence electrons. The normalized spacial score (nSPS) is 20.6. The van der Waals surface area contributed by atoms with Gasteiger partial charge in [0.25, 0.3) is 0 Å². The number of hydrogen-bond acceptors (Lipinski definition) is 5. The highest BCUT2D eigenvalue weighted by Crippen LogP contribution is 2.03. The van der Waals surface area contributed by atoms with Gasteiger partial charge in [0, 0.05) is 29.2 Å². The van der Waals surface area contributed by atoms with Crippen molar-refractivity contribution in [3.05, 3.63) is 12.2 Å². The number of hydrogen-bond donors (Lipinski definition) is 0. The first-order valence-electron chi connectivity index (χ1n) is 5.05. The maximum Gasteiger partial charge on any atom is 0.330 e. The summed E-state index contributed by atoms with van der Waals surface area (Å²) in [6, 6.07) is 0. The van der Waals surface area contributed by atoms with Gasteiger partial charge in [-0.05, 0) is 6.08 Å². The topological polar surface area (TPSA) is 63.7 Å². The Bertz CT molecular complexity index is 367. The zero-order valence-corrected chi connectivity index (χ0v) is 10.8. The van der Waals surface area contributed by atoms with E-state index in [1.165, 1.54) is 0 Å². The lowest BCUT2D eigenvalue weighted by Gasteiger charge is -2.28. The Kier molecular flexibility index (Phi) is 5.99. The van der Waals surface area contributed by atoms with Crippen molar-refractivity contribution in [3.63, 3.8) is 0 Å². The van der Waals surface area contributed by atoms with E-state index in [4.69, 9.17) is 17.0 Å². The summed E-state index contributed by atoms with van der Waals surface area (Å²) < 4.78 is 16.0. The van der Waals surface area contributed by atoms with Crippen molar-refractivity contribution in [1.29, 1.82) is 0 Å². The van der Waals surface area contributed by atoms with Crippen LogP contribution in [0.3, 0.4) is 0 Å². The summed E-state index contributed by atoms with van der Waals surface area (Å²) >= 11 is 5.09. The maximum absolute atomic E-state index is 11.2. The molecule has 0 aromatic carbocycles. The van der Waals surface area contributed by atoms with E-state index >= 15 is 0 Å². The predicted molar refractivity (Wildman–Crippen MR) is 68.2 cm³/mol. The fraction of sp³-hybridized carbons (Fsp3) is 0.500. The van der Waals surface area contributed by atoms with E-state index in [1.807, 2.05) is 4.90 Å². The SMILES string of the molecule is O=C/C=C/C(=O)OCCN1CCS(=O)CC1=S. The van der Waals surface area contributed by atoms with E-state index in [9.17, 15) is 13.8 Å².